The highest BCUT2D eigenvalue weighted by Gasteiger charge is 2.20. The number of carbonyl (C=O) groups is 1. The van der Waals surface area contributed by atoms with Crippen molar-refractivity contribution in [2.75, 3.05) is 26.4 Å². The minimum absolute atomic E-state index is 0.0213. The molecule has 1 atom stereocenters. The van der Waals surface area contributed by atoms with Crippen LogP contribution in [0.2, 0.25) is 0 Å². The molecule has 0 radical (unpaired) electrons. The first kappa shape index (κ1) is 20.1. The van der Waals surface area contributed by atoms with Gasteiger partial charge in [0.2, 0.25) is 0 Å². The smallest absolute Gasteiger partial charge is 0.335 e. The summed E-state index contributed by atoms with van der Waals surface area (Å²) in [5.74, 6) is -0.841. The Labute approximate surface area is 128 Å². The van der Waals surface area contributed by atoms with E-state index in [9.17, 15) is 4.79 Å². The third kappa shape index (κ3) is 10.5. The molecule has 0 heterocycles. The Morgan fingerprint density at radius 3 is 2.43 bits per heavy atom. The molecule has 5 nitrogen and oxygen atoms in total. The van der Waals surface area contributed by atoms with Crippen molar-refractivity contribution in [2.24, 2.45) is 5.92 Å². The Balaban J connectivity index is 3.82. The SMILES string of the molecule is CC/C=C\CCCCOC(CC)C(=O)OCC(CO)CO. The Hall–Kier alpha value is -0.910. The number of aliphatic hydroxyl groups excluding tert-OH is 2. The van der Waals surface area contributed by atoms with Gasteiger partial charge in [-0.05, 0) is 32.1 Å². The van der Waals surface area contributed by atoms with Crippen LogP contribution in [-0.2, 0) is 14.3 Å². The fourth-order valence-corrected chi connectivity index (χ4v) is 1.68. The van der Waals surface area contributed by atoms with Gasteiger partial charge in [-0.15, -0.1) is 0 Å². The number of unbranched alkanes of at least 4 members (excludes halogenated alkanes) is 2. The molecule has 2 N–H and O–H groups in total. The van der Waals surface area contributed by atoms with E-state index in [-0.39, 0.29) is 19.8 Å². The van der Waals surface area contributed by atoms with Gasteiger partial charge in [0.1, 0.15) is 0 Å². The number of carbonyl (C=O) groups excluding carboxylic acids is 1. The molecule has 5 heteroatoms. The van der Waals surface area contributed by atoms with Gasteiger partial charge in [0, 0.05) is 12.5 Å². The number of allylic oxidation sites excluding steroid dienone is 2. The maximum atomic E-state index is 11.8. The van der Waals surface area contributed by atoms with E-state index in [4.69, 9.17) is 19.7 Å². The number of aliphatic hydroxyl groups is 2. The fourth-order valence-electron chi connectivity index (χ4n) is 1.68. The number of esters is 1. The summed E-state index contributed by atoms with van der Waals surface area (Å²) in [7, 11) is 0. The second-order valence-electron chi connectivity index (χ2n) is 5.00. The third-order valence-corrected chi connectivity index (χ3v) is 3.10. The molecule has 0 aliphatic heterocycles. The molecule has 124 valence electrons. The summed E-state index contributed by atoms with van der Waals surface area (Å²) >= 11 is 0. The third-order valence-electron chi connectivity index (χ3n) is 3.10. The van der Waals surface area contributed by atoms with Crippen LogP contribution in [0.1, 0.15) is 46.0 Å². The maximum Gasteiger partial charge on any atom is 0.335 e. The largest absolute Gasteiger partial charge is 0.463 e. The van der Waals surface area contributed by atoms with Crippen LogP contribution >= 0.6 is 0 Å². The zero-order chi connectivity index (χ0) is 15.9. The van der Waals surface area contributed by atoms with Gasteiger partial charge < -0.3 is 19.7 Å². The molecule has 0 bridgehead atoms. The minimum atomic E-state index is -0.561. The molecule has 0 saturated heterocycles. The molecule has 0 rings (SSSR count). The molecule has 0 spiro atoms. The molecule has 0 saturated carbocycles. The standard InChI is InChI=1S/C16H30O5/c1-3-5-6-7-8-9-10-20-15(4-2)16(19)21-13-14(11-17)12-18/h5-6,14-15,17-18H,3-4,7-13H2,1-2H3/b6-5-. The molecule has 0 aliphatic carbocycles. The van der Waals surface area contributed by atoms with E-state index < -0.39 is 18.0 Å². The van der Waals surface area contributed by atoms with Gasteiger partial charge in [-0.2, -0.15) is 0 Å². The summed E-state index contributed by atoms with van der Waals surface area (Å²) < 4.78 is 10.6. The van der Waals surface area contributed by atoms with Crippen LogP contribution in [0.4, 0.5) is 0 Å². The van der Waals surface area contributed by atoms with E-state index in [1.54, 1.807) is 0 Å². The fraction of sp³-hybridized carbons (Fsp3) is 0.812. The molecule has 0 fully saturated rings. The van der Waals surface area contributed by atoms with Gasteiger partial charge in [-0.1, -0.05) is 26.0 Å². The number of ether oxygens (including phenoxy) is 2. The van der Waals surface area contributed by atoms with Crippen molar-refractivity contribution >= 4 is 5.97 Å². The monoisotopic (exact) mass is 302 g/mol. The predicted molar refractivity (Wildman–Crippen MR) is 81.9 cm³/mol. The van der Waals surface area contributed by atoms with Crippen molar-refractivity contribution in [3.63, 3.8) is 0 Å². The molecule has 0 aromatic rings. The van der Waals surface area contributed by atoms with Crippen molar-refractivity contribution in [2.45, 2.75) is 52.1 Å². The second kappa shape index (κ2) is 14.0. The lowest BCUT2D eigenvalue weighted by molar-refractivity contribution is -0.159. The lowest BCUT2D eigenvalue weighted by atomic mass is 10.2. The lowest BCUT2D eigenvalue weighted by Crippen LogP contribution is -2.29. The summed E-state index contributed by atoms with van der Waals surface area (Å²) in [6.45, 7) is 4.13. The molecular weight excluding hydrogens is 272 g/mol. The Bertz CT molecular complexity index is 274. The predicted octanol–water partition coefficient (Wildman–Crippen LogP) is 2.06. The zero-order valence-corrected chi connectivity index (χ0v) is 13.3. The van der Waals surface area contributed by atoms with E-state index in [1.807, 2.05) is 6.92 Å². The highest BCUT2D eigenvalue weighted by Crippen LogP contribution is 2.06. The Morgan fingerprint density at radius 2 is 1.86 bits per heavy atom. The van der Waals surface area contributed by atoms with E-state index >= 15 is 0 Å². The van der Waals surface area contributed by atoms with Crippen molar-refractivity contribution < 1.29 is 24.5 Å². The number of rotatable bonds is 13. The van der Waals surface area contributed by atoms with E-state index in [1.165, 1.54) is 0 Å². The second-order valence-corrected chi connectivity index (χ2v) is 5.00. The number of hydrogen-bond acceptors (Lipinski definition) is 5. The normalized spacial score (nSPS) is 13.0. The van der Waals surface area contributed by atoms with Crippen molar-refractivity contribution in [1.82, 2.24) is 0 Å². The van der Waals surface area contributed by atoms with Crippen LogP contribution in [0.5, 0.6) is 0 Å². The van der Waals surface area contributed by atoms with Gasteiger partial charge in [0.25, 0.3) is 0 Å². The highest BCUT2D eigenvalue weighted by molar-refractivity contribution is 5.74. The van der Waals surface area contributed by atoms with Crippen LogP contribution in [0, 0.1) is 5.92 Å². The van der Waals surface area contributed by atoms with Crippen molar-refractivity contribution in [3.8, 4) is 0 Å². The summed E-state index contributed by atoms with van der Waals surface area (Å²) in [6, 6.07) is 0. The van der Waals surface area contributed by atoms with E-state index in [2.05, 4.69) is 19.1 Å². The molecule has 0 amide bonds. The van der Waals surface area contributed by atoms with Gasteiger partial charge in [-0.25, -0.2) is 4.79 Å². The highest BCUT2D eigenvalue weighted by atomic mass is 16.6. The van der Waals surface area contributed by atoms with Gasteiger partial charge in [-0.3, -0.25) is 0 Å². The van der Waals surface area contributed by atoms with Gasteiger partial charge >= 0.3 is 5.97 Å². The quantitative estimate of drug-likeness (QED) is 0.309. The van der Waals surface area contributed by atoms with E-state index in [0.29, 0.717) is 13.0 Å². The molecule has 0 aromatic heterocycles. The first-order chi connectivity index (χ1) is 10.2. The van der Waals surface area contributed by atoms with Gasteiger partial charge in [0.15, 0.2) is 6.10 Å². The van der Waals surface area contributed by atoms with Gasteiger partial charge in [0.05, 0.1) is 19.8 Å². The average Bonchev–Trinajstić information content (AvgIpc) is 2.51. The Kier molecular flexibility index (Phi) is 13.4. The first-order valence-corrected chi connectivity index (χ1v) is 7.84. The van der Waals surface area contributed by atoms with Crippen LogP contribution in [0.15, 0.2) is 12.2 Å². The summed E-state index contributed by atoms with van der Waals surface area (Å²) in [5.41, 5.74) is 0. The molecule has 0 aliphatic rings. The summed E-state index contributed by atoms with van der Waals surface area (Å²) in [4.78, 5) is 11.8. The first-order valence-electron chi connectivity index (χ1n) is 7.84. The zero-order valence-electron chi connectivity index (χ0n) is 13.3. The minimum Gasteiger partial charge on any atom is -0.463 e. The molecule has 1 unspecified atom stereocenters. The molecule has 21 heavy (non-hydrogen) atoms. The van der Waals surface area contributed by atoms with Crippen LogP contribution in [0.3, 0.4) is 0 Å². The molecule has 0 aromatic carbocycles. The lowest BCUT2D eigenvalue weighted by Gasteiger charge is -2.17. The summed E-state index contributed by atoms with van der Waals surface area (Å²) in [5, 5.41) is 17.8. The molecular formula is C16H30O5. The van der Waals surface area contributed by atoms with Crippen molar-refractivity contribution in [3.05, 3.63) is 12.2 Å². The maximum absolute atomic E-state index is 11.8. The topological polar surface area (TPSA) is 76.0 Å². The van der Waals surface area contributed by atoms with E-state index in [0.717, 1.165) is 25.7 Å². The summed E-state index contributed by atoms with van der Waals surface area (Å²) in [6.07, 6.45) is 8.34. The van der Waals surface area contributed by atoms with Crippen LogP contribution < -0.4 is 0 Å². The van der Waals surface area contributed by atoms with Crippen LogP contribution in [0.25, 0.3) is 0 Å². The average molecular weight is 302 g/mol. The number of hydrogen-bond donors (Lipinski definition) is 2. The van der Waals surface area contributed by atoms with Crippen molar-refractivity contribution in [1.29, 1.82) is 0 Å². The van der Waals surface area contributed by atoms with Crippen LogP contribution in [-0.4, -0.2) is 48.7 Å². The Morgan fingerprint density at radius 1 is 1.14 bits per heavy atom.